The van der Waals surface area contributed by atoms with Gasteiger partial charge in [-0.05, 0) is 63.1 Å². The van der Waals surface area contributed by atoms with E-state index in [1.807, 2.05) is 32.0 Å². The Morgan fingerprint density at radius 1 is 0.821 bits per heavy atom. The SMILES string of the molecule is Cc1cc(C)cc(C(=O)Nc2ccc(C(=O)NCCNC(=O)C3CC3)cc2)c1. The molecule has 28 heavy (non-hydrogen) atoms. The molecule has 146 valence electrons. The van der Waals surface area contributed by atoms with E-state index in [1.54, 1.807) is 24.3 Å². The van der Waals surface area contributed by atoms with Crippen LogP contribution in [0.1, 0.15) is 44.7 Å². The van der Waals surface area contributed by atoms with Crippen LogP contribution in [0, 0.1) is 19.8 Å². The van der Waals surface area contributed by atoms with Crippen molar-refractivity contribution in [1.82, 2.24) is 10.6 Å². The summed E-state index contributed by atoms with van der Waals surface area (Å²) in [5.74, 6) is -0.163. The molecular weight excluding hydrogens is 354 g/mol. The van der Waals surface area contributed by atoms with Crippen LogP contribution in [-0.2, 0) is 4.79 Å². The Balaban J connectivity index is 1.48. The number of benzene rings is 2. The first kappa shape index (κ1) is 19.6. The van der Waals surface area contributed by atoms with Gasteiger partial charge in [0.1, 0.15) is 0 Å². The van der Waals surface area contributed by atoms with Crippen molar-refractivity contribution in [2.75, 3.05) is 18.4 Å². The molecule has 2 aromatic carbocycles. The van der Waals surface area contributed by atoms with E-state index in [2.05, 4.69) is 16.0 Å². The quantitative estimate of drug-likeness (QED) is 0.647. The van der Waals surface area contributed by atoms with E-state index < -0.39 is 0 Å². The molecule has 0 atom stereocenters. The molecule has 6 heteroatoms. The number of nitrogens with one attached hydrogen (secondary N) is 3. The number of anilines is 1. The molecule has 3 rings (SSSR count). The topological polar surface area (TPSA) is 87.3 Å². The highest BCUT2D eigenvalue weighted by molar-refractivity contribution is 6.04. The third-order valence-electron chi connectivity index (χ3n) is 4.55. The van der Waals surface area contributed by atoms with E-state index >= 15 is 0 Å². The summed E-state index contributed by atoms with van der Waals surface area (Å²) in [7, 11) is 0. The van der Waals surface area contributed by atoms with Crippen molar-refractivity contribution in [3.05, 3.63) is 64.7 Å². The van der Waals surface area contributed by atoms with Gasteiger partial charge in [0.25, 0.3) is 11.8 Å². The normalized spacial score (nSPS) is 12.9. The van der Waals surface area contributed by atoms with Gasteiger partial charge in [0.2, 0.25) is 5.91 Å². The maximum absolute atomic E-state index is 12.4. The highest BCUT2D eigenvalue weighted by Crippen LogP contribution is 2.28. The van der Waals surface area contributed by atoms with Crippen molar-refractivity contribution < 1.29 is 14.4 Å². The minimum atomic E-state index is -0.215. The van der Waals surface area contributed by atoms with Gasteiger partial charge in [0, 0.05) is 35.8 Å². The molecule has 2 aromatic rings. The van der Waals surface area contributed by atoms with Crippen LogP contribution in [0.5, 0.6) is 0 Å². The van der Waals surface area contributed by atoms with Crippen molar-refractivity contribution in [1.29, 1.82) is 0 Å². The van der Waals surface area contributed by atoms with Gasteiger partial charge in [-0.3, -0.25) is 14.4 Å². The lowest BCUT2D eigenvalue weighted by Gasteiger charge is -2.09. The van der Waals surface area contributed by atoms with Crippen LogP contribution in [0.3, 0.4) is 0 Å². The molecular formula is C22H25N3O3. The molecule has 3 amide bonds. The van der Waals surface area contributed by atoms with E-state index in [0.29, 0.717) is 29.9 Å². The third kappa shape index (κ3) is 5.42. The maximum Gasteiger partial charge on any atom is 0.255 e. The second-order valence-corrected chi connectivity index (χ2v) is 7.23. The highest BCUT2D eigenvalue weighted by atomic mass is 16.2. The Morgan fingerprint density at radius 3 is 2.04 bits per heavy atom. The molecule has 3 N–H and O–H groups in total. The van der Waals surface area contributed by atoms with Crippen molar-refractivity contribution >= 4 is 23.4 Å². The lowest BCUT2D eigenvalue weighted by atomic mass is 10.1. The summed E-state index contributed by atoms with van der Waals surface area (Å²) in [6.07, 6.45) is 1.93. The van der Waals surface area contributed by atoms with Crippen LogP contribution in [0.4, 0.5) is 5.69 Å². The van der Waals surface area contributed by atoms with E-state index in [4.69, 9.17) is 0 Å². The average molecular weight is 379 g/mol. The predicted molar refractivity (Wildman–Crippen MR) is 108 cm³/mol. The minimum absolute atomic E-state index is 0.0677. The van der Waals surface area contributed by atoms with Crippen molar-refractivity contribution in [2.45, 2.75) is 26.7 Å². The van der Waals surface area contributed by atoms with Crippen molar-refractivity contribution in [3.8, 4) is 0 Å². The highest BCUT2D eigenvalue weighted by Gasteiger charge is 2.28. The fourth-order valence-electron chi connectivity index (χ4n) is 2.97. The number of rotatable bonds is 7. The molecule has 1 aliphatic rings. The molecule has 0 heterocycles. The van der Waals surface area contributed by atoms with Crippen LogP contribution < -0.4 is 16.0 Å². The smallest absolute Gasteiger partial charge is 0.255 e. The largest absolute Gasteiger partial charge is 0.354 e. The fraction of sp³-hybridized carbons (Fsp3) is 0.318. The first-order valence-corrected chi connectivity index (χ1v) is 9.48. The van der Waals surface area contributed by atoms with Crippen LogP contribution in [-0.4, -0.2) is 30.8 Å². The van der Waals surface area contributed by atoms with Gasteiger partial charge in [0.05, 0.1) is 0 Å². The molecule has 0 unspecified atom stereocenters. The Hall–Kier alpha value is -3.15. The van der Waals surface area contributed by atoms with Crippen LogP contribution in [0.25, 0.3) is 0 Å². The molecule has 6 nitrogen and oxygen atoms in total. The molecule has 0 aromatic heterocycles. The van der Waals surface area contributed by atoms with Gasteiger partial charge in [0.15, 0.2) is 0 Å². The van der Waals surface area contributed by atoms with Crippen molar-refractivity contribution in [3.63, 3.8) is 0 Å². The van der Waals surface area contributed by atoms with E-state index in [9.17, 15) is 14.4 Å². The number of carbonyl (C=O) groups excluding carboxylic acids is 3. The summed E-state index contributed by atoms with van der Waals surface area (Å²) >= 11 is 0. The summed E-state index contributed by atoms with van der Waals surface area (Å²) in [5.41, 5.74) is 3.79. The number of carbonyl (C=O) groups is 3. The Bertz CT molecular complexity index is 866. The molecule has 1 saturated carbocycles. The van der Waals surface area contributed by atoms with Crippen LogP contribution >= 0.6 is 0 Å². The number of aryl methyl sites for hydroxylation is 2. The van der Waals surface area contributed by atoms with Gasteiger partial charge in [-0.1, -0.05) is 17.2 Å². The van der Waals surface area contributed by atoms with E-state index in [1.165, 1.54) is 0 Å². The second kappa shape index (κ2) is 8.69. The van der Waals surface area contributed by atoms with E-state index in [-0.39, 0.29) is 23.6 Å². The number of hydrogen-bond acceptors (Lipinski definition) is 3. The zero-order valence-corrected chi connectivity index (χ0v) is 16.2. The van der Waals surface area contributed by atoms with Gasteiger partial charge < -0.3 is 16.0 Å². The first-order valence-electron chi connectivity index (χ1n) is 9.48. The molecule has 0 saturated heterocycles. The van der Waals surface area contributed by atoms with Gasteiger partial charge >= 0.3 is 0 Å². The lowest BCUT2D eigenvalue weighted by Crippen LogP contribution is -2.35. The molecule has 1 fully saturated rings. The number of amides is 3. The maximum atomic E-state index is 12.4. The van der Waals surface area contributed by atoms with Gasteiger partial charge in [-0.2, -0.15) is 0 Å². The summed E-state index contributed by atoms with van der Waals surface area (Å²) < 4.78 is 0. The van der Waals surface area contributed by atoms with E-state index in [0.717, 1.165) is 24.0 Å². The molecule has 1 aliphatic carbocycles. The Labute approximate surface area is 164 Å². The van der Waals surface area contributed by atoms with Gasteiger partial charge in [-0.25, -0.2) is 0 Å². The zero-order valence-electron chi connectivity index (χ0n) is 16.2. The molecule has 0 radical (unpaired) electrons. The third-order valence-corrected chi connectivity index (χ3v) is 4.55. The summed E-state index contributed by atoms with van der Waals surface area (Å²) in [4.78, 5) is 36.1. The standard InChI is InChI=1S/C22H25N3O3/c1-14-11-15(2)13-18(12-14)22(28)25-19-7-5-17(6-8-19)21(27)24-10-9-23-20(26)16-3-4-16/h5-8,11-13,16H,3-4,9-10H2,1-2H3,(H,23,26)(H,24,27)(H,25,28). The van der Waals surface area contributed by atoms with Crippen LogP contribution in [0.2, 0.25) is 0 Å². The average Bonchev–Trinajstić information content (AvgIpc) is 3.50. The van der Waals surface area contributed by atoms with Gasteiger partial charge in [-0.15, -0.1) is 0 Å². The summed E-state index contributed by atoms with van der Waals surface area (Å²) in [6.45, 7) is 4.71. The minimum Gasteiger partial charge on any atom is -0.354 e. The molecule has 0 bridgehead atoms. The summed E-state index contributed by atoms with van der Waals surface area (Å²) in [5, 5.41) is 8.42. The fourth-order valence-corrected chi connectivity index (χ4v) is 2.97. The monoisotopic (exact) mass is 379 g/mol. The lowest BCUT2D eigenvalue weighted by molar-refractivity contribution is -0.122. The Morgan fingerprint density at radius 2 is 1.43 bits per heavy atom. The van der Waals surface area contributed by atoms with Crippen molar-refractivity contribution in [2.24, 2.45) is 5.92 Å². The zero-order chi connectivity index (χ0) is 20.1. The first-order chi connectivity index (χ1) is 13.4. The predicted octanol–water partition coefficient (Wildman–Crippen LogP) is 2.81. The number of hydrogen-bond donors (Lipinski definition) is 3. The van der Waals surface area contributed by atoms with Crippen LogP contribution in [0.15, 0.2) is 42.5 Å². The summed E-state index contributed by atoms with van der Waals surface area (Å²) in [6, 6.07) is 12.4. The molecule has 0 aliphatic heterocycles. The molecule has 0 spiro atoms. The Kier molecular flexibility index (Phi) is 6.09. The second-order valence-electron chi connectivity index (χ2n) is 7.23.